The Labute approximate surface area is 89.4 Å². The fraction of sp³-hybridized carbons (Fsp3) is 0.545. The zero-order valence-electron chi connectivity index (χ0n) is 8.69. The summed E-state index contributed by atoms with van der Waals surface area (Å²) < 4.78 is 11.0. The molecule has 0 bridgehead atoms. The molecular formula is C11H16N2O2. The van der Waals surface area contributed by atoms with Crippen LogP contribution in [0.1, 0.15) is 18.5 Å². The Morgan fingerprint density at radius 3 is 3.20 bits per heavy atom. The molecule has 0 aromatic carbocycles. The highest BCUT2D eigenvalue weighted by atomic mass is 16.5. The normalized spacial score (nSPS) is 20.5. The number of nitrogens with zero attached hydrogens (tertiary/aromatic N) is 1. The van der Waals surface area contributed by atoms with Crippen molar-refractivity contribution in [2.45, 2.75) is 25.5 Å². The zero-order chi connectivity index (χ0) is 10.5. The third kappa shape index (κ3) is 2.91. The second-order valence-corrected chi connectivity index (χ2v) is 3.62. The van der Waals surface area contributed by atoms with Gasteiger partial charge in [-0.05, 0) is 18.9 Å². The Bertz CT molecular complexity index is 311. The van der Waals surface area contributed by atoms with Crippen LogP contribution in [0.2, 0.25) is 0 Å². The summed E-state index contributed by atoms with van der Waals surface area (Å²) in [5, 5.41) is 0. The molecule has 0 saturated carbocycles. The molecule has 0 aliphatic carbocycles. The Morgan fingerprint density at radius 2 is 2.47 bits per heavy atom. The molecule has 0 radical (unpaired) electrons. The van der Waals surface area contributed by atoms with Crippen molar-refractivity contribution >= 4 is 0 Å². The minimum atomic E-state index is 0.230. The van der Waals surface area contributed by atoms with E-state index in [4.69, 9.17) is 15.2 Å². The van der Waals surface area contributed by atoms with E-state index in [9.17, 15) is 0 Å². The molecule has 1 aliphatic rings. The number of pyridine rings is 1. The van der Waals surface area contributed by atoms with E-state index in [1.165, 1.54) is 0 Å². The molecular weight excluding hydrogens is 192 g/mol. The SMILES string of the molecule is NCc1cccc(OCC2CCCO2)n1. The van der Waals surface area contributed by atoms with Crippen molar-refractivity contribution in [2.75, 3.05) is 13.2 Å². The molecule has 1 aromatic heterocycles. The highest BCUT2D eigenvalue weighted by Gasteiger charge is 2.16. The summed E-state index contributed by atoms with van der Waals surface area (Å²) in [7, 11) is 0. The molecule has 2 heterocycles. The van der Waals surface area contributed by atoms with E-state index >= 15 is 0 Å². The summed E-state index contributed by atoms with van der Waals surface area (Å²) in [5.41, 5.74) is 6.34. The summed E-state index contributed by atoms with van der Waals surface area (Å²) in [6.07, 6.45) is 2.44. The molecule has 1 aliphatic heterocycles. The third-order valence-electron chi connectivity index (χ3n) is 2.43. The predicted octanol–water partition coefficient (Wildman–Crippen LogP) is 1.10. The minimum absolute atomic E-state index is 0.230. The molecule has 1 atom stereocenters. The van der Waals surface area contributed by atoms with Gasteiger partial charge in [-0.3, -0.25) is 0 Å². The Balaban J connectivity index is 1.86. The van der Waals surface area contributed by atoms with Crippen molar-refractivity contribution in [1.82, 2.24) is 4.98 Å². The smallest absolute Gasteiger partial charge is 0.213 e. The van der Waals surface area contributed by atoms with Crippen LogP contribution in [-0.2, 0) is 11.3 Å². The van der Waals surface area contributed by atoms with Crippen LogP contribution in [0.4, 0.5) is 0 Å². The number of nitrogens with two attached hydrogens (primary N) is 1. The van der Waals surface area contributed by atoms with Gasteiger partial charge in [-0.25, -0.2) is 4.98 Å². The monoisotopic (exact) mass is 208 g/mol. The maximum absolute atomic E-state index is 5.54. The summed E-state index contributed by atoms with van der Waals surface area (Å²) in [4.78, 5) is 4.25. The summed E-state index contributed by atoms with van der Waals surface area (Å²) >= 11 is 0. The van der Waals surface area contributed by atoms with E-state index in [1.807, 2.05) is 18.2 Å². The van der Waals surface area contributed by atoms with Crippen LogP contribution in [0.15, 0.2) is 18.2 Å². The van der Waals surface area contributed by atoms with Gasteiger partial charge in [0.1, 0.15) is 6.61 Å². The largest absolute Gasteiger partial charge is 0.475 e. The number of ether oxygens (including phenoxy) is 2. The van der Waals surface area contributed by atoms with Crippen LogP contribution in [-0.4, -0.2) is 24.3 Å². The van der Waals surface area contributed by atoms with Crippen LogP contribution in [0.25, 0.3) is 0 Å². The second-order valence-electron chi connectivity index (χ2n) is 3.62. The van der Waals surface area contributed by atoms with Gasteiger partial charge in [0, 0.05) is 19.2 Å². The molecule has 82 valence electrons. The lowest BCUT2D eigenvalue weighted by Gasteiger charge is -2.10. The van der Waals surface area contributed by atoms with Gasteiger partial charge in [0.05, 0.1) is 11.8 Å². The molecule has 0 amide bonds. The Morgan fingerprint density at radius 1 is 1.53 bits per heavy atom. The van der Waals surface area contributed by atoms with Gasteiger partial charge < -0.3 is 15.2 Å². The number of aromatic nitrogens is 1. The second kappa shape index (κ2) is 5.09. The number of hydrogen-bond donors (Lipinski definition) is 1. The average molecular weight is 208 g/mol. The minimum Gasteiger partial charge on any atom is -0.475 e. The van der Waals surface area contributed by atoms with Gasteiger partial charge in [0.15, 0.2) is 0 Å². The van der Waals surface area contributed by atoms with E-state index in [2.05, 4.69) is 4.98 Å². The van der Waals surface area contributed by atoms with Gasteiger partial charge >= 0.3 is 0 Å². The first-order chi connectivity index (χ1) is 7.38. The molecule has 1 aromatic rings. The van der Waals surface area contributed by atoms with Gasteiger partial charge in [0.25, 0.3) is 0 Å². The fourth-order valence-corrected chi connectivity index (χ4v) is 1.61. The molecule has 0 spiro atoms. The summed E-state index contributed by atoms with van der Waals surface area (Å²) in [5.74, 6) is 0.633. The van der Waals surface area contributed by atoms with Crippen LogP contribution >= 0.6 is 0 Å². The summed E-state index contributed by atoms with van der Waals surface area (Å²) in [6.45, 7) is 1.88. The lowest BCUT2D eigenvalue weighted by atomic mass is 10.2. The lowest BCUT2D eigenvalue weighted by molar-refractivity contribution is 0.0663. The molecule has 15 heavy (non-hydrogen) atoms. The van der Waals surface area contributed by atoms with E-state index in [0.29, 0.717) is 19.0 Å². The third-order valence-corrected chi connectivity index (χ3v) is 2.43. The van der Waals surface area contributed by atoms with Gasteiger partial charge in [-0.2, -0.15) is 0 Å². The van der Waals surface area contributed by atoms with E-state index in [0.717, 1.165) is 25.1 Å². The average Bonchev–Trinajstić information content (AvgIpc) is 2.79. The predicted molar refractivity (Wildman–Crippen MR) is 56.6 cm³/mol. The fourth-order valence-electron chi connectivity index (χ4n) is 1.61. The highest BCUT2D eigenvalue weighted by Crippen LogP contribution is 2.14. The molecule has 1 unspecified atom stereocenters. The molecule has 4 heteroatoms. The first-order valence-corrected chi connectivity index (χ1v) is 5.29. The number of hydrogen-bond acceptors (Lipinski definition) is 4. The first-order valence-electron chi connectivity index (χ1n) is 5.29. The topological polar surface area (TPSA) is 57.4 Å². The molecule has 1 saturated heterocycles. The van der Waals surface area contributed by atoms with E-state index in [-0.39, 0.29) is 6.10 Å². The molecule has 2 rings (SSSR count). The molecule has 1 fully saturated rings. The van der Waals surface area contributed by atoms with Crippen molar-refractivity contribution in [3.8, 4) is 5.88 Å². The zero-order valence-corrected chi connectivity index (χ0v) is 8.69. The Hall–Kier alpha value is -1.13. The van der Waals surface area contributed by atoms with E-state index < -0.39 is 0 Å². The quantitative estimate of drug-likeness (QED) is 0.805. The van der Waals surface area contributed by atoms with Crippen molar-refractivity contribution in [2.24, 2.45) is 5.73 Å². The lowest BCUT2D eigenvalue weighted by Crippen LogP contribution is -2.17. The van der Waals surface area contributed by atoms with Crippen molar-refractivity contribution in [3.63, 3.8) is 0 Å². The standard InChI is InChI=1S/C11H16N2O2/c12-7-9-3-1-5-11(13-9)15-8-10-4-2-6-14-10/h1,3,5,10H,2,4,6-8,12H2. The summed E-state index contributed by atoms with van der Waals surface area (Å²) in [6, 6.07) is 5.63. The van der Waals surface area contributed by atoms with Crippen LogP contribution in [0, 0.1) is 0 Å². The molecule has 4 nitrogen and oxygen atoms in total. The maximum atomic E-state index is 5.54. The van der Waals surface area contributed by atoms with Crippen LogP contribution in [0.3, 0.4) is 0 Å². The molecule has 2 N–H and O–H groups in total. The van der Waals surface area contributed by atoms with Gasteiger partial charge in [0.2, 0.25) is 5.88 Å². The van der Waals surface area contributed by atoms with Gasteiger partial charge in [-0.1, -0.05) is 6.07 Å². The van der Waals surface area contributed by atoms with Crippen molar-refractivity contribution in [1.29, 1.82) is 0 Å². The van der Waals surface area contributed by atoms with Crippen LogP contribution in [0.5, 0.6) is 5.88 Å². The van der Waals surface area contributed by atoms with Crippen molar-refractivity contribution in [3.05, 3.63) is 23.9 Å². The highest BCUT2D eigenvalue weighted by molar-refractivity contribution is 5.15. The van der Waals surface area contributed by atoms with Crippen molar-refractivity contribution < 1.29 is 9.47 Å². The van der Waals surface area contributed by atoms with Crippen LogP contribution < -0.4 is 10.5 Å². The maximum Gasteiger partial charge on any atom is 0.213 e. The first kappa shape index (κ1) is 10.4. The Kier molecular flexibility index (Phi) is 3.53. The van der Waals surface area contributed by atoms with Gasteiger partial charge in [-0.15, -0.1) is 0 Å². The van der Waals surface area contributed by atoms with E-state index in [1.54, 1.807) is 0 Å². The number of rotatable bonds is 4.